The molecule has 0 spiro atoms. The quantitative estimate of drug-likeness (QED) is 0.339. The number of benzene rings is 1. The minimum atomic E-state index is -1.08. The first-order valence-corrected chi connectivity index (χ1v) is 13.8. The zero-order valence-electron chi connectivity index (χ0n) is 22.2. The second kappa shape index (κ2) is 12.8. The largest absolute Gasteiger partial charge is 0.481 e. The predicted molar refractivity (Wildman–Crippen MR) is 156 cm³/mol. The van der Waals surface area contributed by atoms with Gasteiger partial charge in [0, 0.05) is 47.5 Å². The average molecular weight is 548 g/mol. The molecule has 1 unspecified atom stereocenters. The number of piperazine rings is 1. The lowest BCUT2D eigenvalue weighted by molar-refractivity contribution is -0.143. The van der Waals surface area contributed by atoms with Crippen LogP contribution in [0.4, 0.5) is 5.69 Å². The molecule has 5 rings (SSSR count). The number of carbonyl (C=O) groups is 2. The van der Waals surface area contributed by atoms with Gasteiger partial charge < -0.3 is 15.1 Å². The van der Waals surface area contributed by atoms with Gasteiger partial charge in [0.1, 0.15) is 0 Å². The maximum atomic E-state index is 13.0. The average Bonchev–Trinajstić information content (AvgIpc) is 3.26. The molecule has 1 aliphatic heterocycles. The van der Waals surface area contributed by atoms with E-state index in [0.29, 0.717) is 6.04 Å². The normalized spacial score (nSPS) is 15.6. The fraction of sp³-hybridized carbons (Fsp3) is 0.333. The van der Waals surface area contributed by atoms with Crippen molar-refractivity contribution in [3.05, 3.63) is 81.5 Å². The molecule has 4 aromatic rings. The maximum Gasteiger partial charge on any atom is 0.303 e. The van der Waals surface area contributed by atoms with Crippen LogP contribution in [0.25, 0.3) is 21.0 Å². The van der Waals surface area contributed by atoms with Crippen LogP contribution < -0.4 is 10.3 Å². The van der Waals surface area contributed by atoms with E-state index >= 15 is 0 Å². The van der Waals surface area contributed by atoms with Crippen molar-refractivity contribution < 1.29 is 19.8 Å². The Morgan fingerprint density at radius 3 is 2.44 bits per heavy atom. The van der Waals surface area contributed by atoms with Crippen LogP contribution >= 0.6 is 11.3 Å². The van der Waals surface area contributed by atoms with Gasteiger partial charge in [-0.05, 0) is 50.6 Å². The van der Waals surface area contributed by atoms with Crippen molar-refractivity contribution in [2.45, 2.75) is 38.6 Å². The van der Waals surface area contributed by atoms with Gasteiger partial charge in [-0.15, -0.1) is 11.3 Å². The van der Waals surface area contributed by atoms with Crippen molar-refractivity contribution in [2.75, 3.05) is 31.6 Å². The summed E-state index contributed by atoms with van der Waals surface area (Å²) in [5.41, 5.74) is 3.53. The lowest BCUT2D eigenvalue weighted by atomic mass is 10.0. The van der Waals surface area contributed by atoms with Gasteiger partial charge in [-0.25, -0.2) is 0 Å². The number of aryl methyl sites for hydroxylation is 2. The molecule has 0 aliphatic carbocycles. The first-order valence-electron chi connectivity index (χ1n) is 13.0. The molecule has 0 bridgehead atoms. The monoisotopic (exact) mass is 547 g/mol. The number of thiophene rings is 1. The standard InChI is InChI=1S/C26H27N3OS.C4H6O4/c1-18-15-22-25(24-20(9-6-12-27-24)16-23(30)26(22)31-18)29-14-13-28(2)21(17-29)11-10-19-7-4-3-5-8-19;5-3(6)1-2-4(7)8/h3-9,12,15-16,21H,10-11,13-14,17H2,1-2H3;1-2H2,(H,5,6)(H,7,8). The van der Waals surface area contributed by atoms with E-state index in [0.717, 1.165) is 59.2 Å². The number of anilines is 1. The molecule has 2 N–H and O–H groups in total. The van der Waals surface area contributed by atoms with Crippen LogP contribution in [0.3, 0.4) is 0 Å². The summed E-state index contributed by atoms with van der Waals surface area (Å²) in [5.74, 6) is -2.15. The summed E-state index contributed by atoms with van der Waals surface area (Å²) in [6.45, 7) is 4.96. The number of rotatable bonds is 7. The van der Waals surface area contributed by atoms with Crippen LogP contribution in [0.2, 0.25) is 0 Å². The number of likely N-dealkylation sites (N-methyl/N-ethyl adjacent to an activating group) is 1. The Morgan fingerprint density at radius 1 is 1.03 bits per heavy atom. The molecule has 8 nitrogen and oxygen atoms in total. The predicted octanol–water partition coefficient (Wildman–Crippen LogP) is 4.81. The number of pyridine rings is 1. The maximum absolute atomic E-state index is 13.0. The Bertz CT molecular complexity index is 1510. The Hall–Kier alpha value is -3.82. The third kappa shape index (κ3) is 7.19. The van der Waals surface area contributed by atoms with Crippen LogP contribution in [-0.4, -0.2) is 64.8 Å². The number of carboxylic acids is 2. The molecule has 2 aromatic carbocycles. The summed E-state index contributed by atoms with van der Waals surface area (Å²) in [6.07, 6.45) is 3.43. The summed E-state index contributed by atoms with van der Waals surface area (Å²) in [4.78, 5) is 43.1. The molecule has 3 heterocycles. The minimum Gasteiger partial charge on any atom is -0.481 e. The number of aliphatic carboxylic acids is 2. The highest BCUT2D eigenvalue weighted by molar-refractivity contribution is 7.19. The van der Waals surface area contributed by atoms with Crippen LogP contribution in [-0.2, 0) is 16.0 Å². The van der Waals surface area contributed by atoms with Gasteiger partial charge >= 0.3 is 11.9 Å². The van der Waals surface area contributed by atoms with Crippen molar-refractivity contribution in [1.29, 1.82) is 0 Å². The lowest BCUT2D eigenvalue weighted by Gasteiger charge is -2.41. The minimum absolute atomic E-state index is 0.0899. The number of aromatic nitrogens is 1. The van der Waals surface area contributed by atoms with Gasteiger partial charge in [-0.3, -0.25) is 24.3 Å². The smallest absolute Gasteiger partial charge is 0.303 e. The van der Waals surface area contributed by atoms with Crippen LogP contribution in [0, 0.1) is 6.92 Å². The Labute approximate surface area is 231 Å². The molecule has 1 fully saturated rings. The highest BCUT2D eigenvalue weighted by atomic mass is 32.1. The van der Waals surface area contributed by atoms with Gasteiger partial charge in [-0.1, -0.05) is 36.4 Å². The third-order valence-electron chi connectivity index (χ3n) is 6.94. The van der Waals surface area contributed by atoms with Crippen LogP contribution in [0.15, 0.2) is 65.6 Å². The molecule has 0 radical (unpaired) electrons. The van der Waals surface area contributed by atoms with E-state index in [2.05, 4.69) is 60.2 Å². The van der Waals surface area contributed by atoms with Crippen molar-refractivity contribution in [1.82, 2.24) is 9.88 Å². The zero-order valence-corrected chi connectivity index (χ0v) is 23.0. The van der Waals surface area contributed by atoms with Crippen LogP contribution in [0.1, 0.15) is 29.7 Å². The summed E-state index contributed by atoms with van der Waals surface area (Å²) >= 11 is 1.59. The van der Waals surface area contributed by atoms with E-state index in [1.54, 1.807) is 17.4 Å². The summed E-state index contributed by atoms with van der Waals surface area (Å²) < 4.78 is 0.838. The lowest BCUT2D eigenvalue weighted by Crippen LogP contribution is -2.51. The summed E-state index contributed by atoms with van der Waals surface area (Å²) in [6, 6.07) is 19.0. The molecular weight excluding hydrogens is 514 g/mol. The molecule has 0 amide bonds. The SMILES string of the molecule is Cc1cc2c(N3CCN(C)C(CCc4ccccc4)C3)c3ncccc3cc(=O)c2s1.O=C(O)CCC(=O)O. The molecule has 1 aliphatic rings. The number of carboxylic acid groups (broad SMARTS) is 2. The summed E-state index contributed by atoms with van der Waals surface area (Å²) in [5, 5.41) is 17.8. The van der Waals surface area contributed by atoms with Gasteiger partial charge in [0.2, 0.25) is 0 Å². The van der Waals surface area contributed by atoms with Crippen molar-refractivity contribution >= 4 is 50.0 Å². The van der Waals surface area contributed by atoms with Crippen LogP contribution in [0.5, 0.6) is 0 Å². The molecule has 1 saturated heterocycles. The third-order valence-corrected chi connectivity index (χ3v) is 8.00. The van der Waals surface area contributed by atoms with Crippen molar-refractivity contribution in [2.24, 2.45) is 0 Å². The fourth-order valence-corrected chi connectivity index (χ4v) is 5.84. The molecule has 204 valence electrons. The van der Waals surface area contributed by atoms with E-state index in [-0.39, 0.29) is 18.3 Å². The van der Waals surface area contributed by atoms with E-state index in [4.69, 9.17) is 15.2 Å². The number of nitrogens with zero attached hydrogens (tertiary/aromatic N) is 3. The second-order valence-electron chi connectivity index (χ2n) is 9.79. The molecular formula is C30H33N3O5S. The zero-order chi connectivity index (χ0) is 27.9. The molecule has 9 heteroatoms. The van der Waals surface area contributed by atoms with E-state index in [1.165, 1.54) is 10.4 Å². The Balaban J connectivity index is 0.000000386. The van der Waals surface area contributed by atoms with Crippen molar-refractivity contribution in [3.63, 3.8) is 0 Å². The van der Waals surface area contributed by atoms with E-state index < -0.39 is 11.9 Å². The fourth-order valence-electron chi connectivity index (χ4n) is 4.91. The van der Waals surface area contributed by atoms with E-state index in [9.17, 15) is 14.4 Å². The first-order chi connectivity index (χ1) is 18.7. The van der Waals surface area contributed by atoms with Gasteiger partial charge in [0.05, 0.1) is 28.7 Å². The molecule has 1 atom stereocenters. The molecule has 2 aromatic heterocycles. The van der Waals surface area contributed by atoms with E-state index in [1.807, 2.05) is 18.3 Å². The second-order valence-corrected chi connectivity index (χ2v) is 11.0. The number of fused-ring (bicyclic) bond motifs is 2. The van der Waals surface area contributed by atoms with Gasteiger partial charge in [0.25, 0.3) is 0 Å². The Kier molecular flexibility index (Phi) is 9.27. The number of hydrogen-bond acceptors (Lipinski definition) is 7. The van der Waals surface area contributed by atoms with Gasteiger partial charge in [-0.2, -0.15) is 0 Å². The summed E-state index contributed by atoms with van der Waals surface area (Å²) in [7, 11) is 2.23. The van der Waals surface area contributed by atoms with Gasteiger partial charge in [0.15, 0.2) is 5.43 Å². The topological polar surface area (TPSA) is 111 Å². The molecule has 39 heavy (non-hydrogen) atoms. The highest BCUT2D eigenvalue weighted by Gasteiger charge is 2.27. The number of hydrogen-bond donors (Lipinski definition) is 2. The van der Waals surface area contributed by atoms with Crippen molar-refractivity contribution in [3.8, 4) is 0 Å². The highest BCUT2D eigenvalue weighted by Crippen LogP contribution is 2.36. The molecule has 0 saturated carbocycles. The Morgan fingerprint density at radius 2 is 1.74 bits per heavy atom. The first kappa shape index (κ1) is 28.2.